The number of hydrogen-bond donors (Lipinski definition) is 3. The van der Waals surface area contributed by atoms with Gasteiger partial charge in [0.05, 0.1) is 19.5 Å². The van der Waals surface area contributed by atoms with E-state index in [-0.39, 0.29) is 18.3 Å². The predicted octanol–water partition coefficient (Wildman–Crippen LogP) is -1.09. The van der Waals surface area contributed by atoms with Gasteiger partial charge in [-0.25, -0.2) is 15.0 Å². The Balaban J connectivity index is 2.03. The monoisotopic (exact) mass is 251 g/mol. The highest BCUT2D eigenvalue weighted by Crippen LogP contribution is 2.30. The van der Waals surface area contributed by atoms with Crippen LogP contribution in [-0.4, -0.2) is 49.0 Å². The van der Waals surface area contributed by atoms with Gasteiger partial charge in [0, 0.05) is 5.92 Å². The summed E-state index contributed by atoms with van der Waals surface area (Å²) < 4.78 is 7.08. The maximum atomic E-state index is 10.0. The third kappa shape index (κ3) is 1.54. The summed E-state index contributed by atoms with van der Waals surface area (Å²) in [6, 6.07) is 0. The Kier molecular flexibility index (Phi) is 2.62. The van der Waals surface area contributed by atoms with Crippen molar-refractivity contribution in [2.24, 2.45) is 5.92 Å². The van der Waals surface area contributed by atoms with Crippen LogP contribution in [0.25, 0.3) is 11.2 Å². The fourth-order valence-electron chi connectivity index (χ4n) is 2.11. The zero-order chi connectivity index (χ0) is 12.7. The normalized spacial score (nSPS) is 28.0. The Labute approximate surface area is 102 Å². The number of hydrogen-bond acceptors (Lipinski definition) is 7. The van der Waals surface area contributed by atoms with E-state index in [2.05, 4.69) is 15.0 Å². The van der Waals surface area contributed by atoms with Gasteiger partial charge in [-0.2, -0.15) is 0 Å². The van der Waals surface area contributed by atoms with Crippen molar-refractivity contribution in [3.63, 3.8) is 0 Å². The van der Waals surface area contributed by atoms with E-state index in [9.17, 15) is 5.11 Å². The number of nitrogens with zero attached hydrogens (tertiary/aromatic N) is 4. The first-order valence-corrected chi connectivity index (χ1v) is 5.56. The molecule has 4 N–H and O–H groups in total. The van der Waals surface area contributed by atoms with Crippen LogP contribution in [0.15, 0.2) is 12.7 Å². The Hall–Kier alpha value is -1.77. The van der Waals surface area contributed by atoms with Gasteiger partial charge >= 0.3 is 0 Å². The van der Waals surface area contributed by atoms with Crippen LogP contribution in [0.4, 0.5) is 5.82 Å². The molecule has 3 heterocycles. The van der Waals surface area contributed by atoms with Crippen LogP contribution in [0.5, 0.6) is 0 Å². The summed E-state index contributed by atoms with van der Waals surface area (Å²) in [5, 5.41) is 19.1. The lowest BCUT2D eigenvalue weighted by molar-refractivity contribution is -0.0108. The highest BCUT2D eigenvalue weighted by Gasteiger charge is 2.37. The Morgan fingerprint density at radius 2 is 2.28 bits per heavy atom. The summed E-state index contributed by atoms with van der Waals surface area (Å²) in [5.41, 5.74) is 6.66. The maximum absolute atomic E-state index is 10.0. The van der Waals surface area contributed by atoms with Crippen LogP contribution in [0.2, 0.25) is 0 Å². The molecule has 1 unspecified atom stereocenters. The summed E-state index contributed by atoms with van der Waals surface area (Å²) in [5.74, 6) is -0.0171. The van der Waals surface area contributed by atoms with Crippen molar-refractivity contribution in [3.8, 4) is 0 Å². The van der Waals surface area contributed by atoms with Crippen molar-refractivity contribution in [2.75, 3.05) is 18.9 Å². The van der Waals surface area contributed by atoms with E-state index in [0.29, 0.717) is 17.8 Å². The number of ether oxygens (including phenoxy) is 1. The average molecular weight is 251 g/mol. The molecule has 1 aliphatic heterocycles. The summed E-state index contributed by atoms with van der Waals surface area (Å²) in [6.45, 7) is 0.171. The van der Waals surface area contributed by atoms with Gasteiger partial charge in [0.2, 0.25) is 0 Å². The molecule has 0 spiro atoms. The number of aliphatic hydroxyl groups is 2. The number of imidazole rings is 1. The molecule has 1 fully saturated rings. The van der Waals surface area contributed by atoms with Crippen molar-refractivity contribution in [2.45, 2.75) is 12.3 Å². The second kappa shape index (κ2) is 4.16. The van der Waals surface area contributed by atoms with E-state index in [1.54, 1.807) is 4.57 Å². The minimum absolute atomic E-state index is 0.124. The lowest BCUT2D eigenvalue weighted by Crippen LogP contribution is -2.26. The van der Waals surface area contributed by atoms with Crippen molar-refractivity contribution >= 4 is 17.0 Å². The van der Waals surface area contributed by atoms with Gasteiger partial charge < -0.3 is 20.7 Å². The molecule has 2 aromatic rings. The molecule has 8 nitrogen and oxygen atoms in total. The standard InChI is InChI=1S/C10H13N5O3/c11-8-6-9(13-3-12-8)15(4-14-6)10-7(17)5(1-16)2-18-10/h3-5,7,10,16-17H,1-2H2,(H2,11,12,13)/t5-,7+,10?/m1/s1. The molecule has 96 valence electrons. The summed E-state index contributed by atoms with van der Waals surface area (Å²) in [7, 11) is 0. The second-order valence-electron chi connectivity index (χ2n) is 4.24. The van der Waals surface area contributed by atoms with Gasteiger partial charge in [0.15, 0.2) is 17.7 Å². The van der Waals surface area contributed by atoms with E-state index in [4.69, 9.17) is 15.6 Å². The quantitative estimate of drug-likeness (QED) is 0.620. The van der Waals surface area contributed by atoms with Crippen molar-refractivity contribution in [3.05, 3.63) is 12.7 Å². The van der Waals surface area contributed by atoms with E-state index in [1.807, 2.05) is 0 Å². The summed E-state index contributed by atoms with van der Waals surface area (Å²) in [4.78, 5) is 12.0. The van der Waals surface area contributed by atoms with E-state index >= 15 is 0 Å². The maximum Gasteiger partial charge on any atom is 0.167 e. The molecular formula is C10H13N5O3. The Morgan fingerprint density at radius 3 is 3.00 bits per heavy atom. The number of aromatic nitrogens is 4. The van der Waals surface area contributed by atoms with Crippen LogP contribution in [0.3, 0.4) is 0 Å². The van der Waals surface area contributed by atoms with Crippen LogP contribution < -0.4 is 5.73 Å². The van der Waals surface area contributed by atoms with Gasteiger partial charge in [-0.1, -0.05) is 0 Å². The lowest BCUT2D eigenvalue weighted by atomic mass is 10.1. The first kappa shape index (κ1) is 11.3. The van der Waals surface area contributed by atoms with Gasteiger partial charge in [0.1, 0.15) is 17.9 Å². The molecular weight excluding hydrogens is 238 g/mol. The molecule has 2 aromatic heterocycles. The summed E-state index contributed by atoms with van der Waals surface area (Å²) >= 11 is 0. The molecule has 3 rings (SSSR count). The molecule has 1 aliphatic rings. The van der Waals surface area contributed by atoms with Crippen LogP contribution in [0, 0.1) is 5.92 Å². The van der Waals surface area contributed by atoms with Crippen LogP contribution >= 0.6 is 0 Å². The molecule has 3 atom stereocenters. The van der Waals surface area contributed by atoms with E-state index < -0.39 is 12.3 Å². The van der Waals surface area contributed by atoms with Crippen molar-refractivity contribution in [1.29, 1.82) is 0 Å². The minimum atomic E-state index is -0.802. The predicted molar refractivity (Wildman–Crippen MR) is 61.3 cm³/mol. The molecule has 1 saturated heterocycles. The molecule has 18 heavy (non-hydrogen) atoms. The molecule has 0 amide bonds. The zero-order valence-corrected chi connectivity index (χ0v) is 9.47. The fraction of sp³-hybridized carbons (Fsp3) is 0.500. The highest BCUT2D eigenvalue weighted by molar-refractivity contribution is 5.81. The Bertz CT molecular complexity index is 572. The topological polar surface area (TPSA) is 119 Å². The van der Waals surface area contributed by atoms with Crippen molar-refractivity contribution < 1.29 is 14.9 Å². The van der Waals surface area contributed by atoms with E-state index in [1.165, 1.54) is 12.7 Å². The second-order valence-corrected chi connectivity index (χ2v) is 4.24. The third-order valence-electron chi connectivity index (χ3n) is 3.15. The van der Waals surface area contributed by atoms with Gasteiger partial charge in [-0.05, 0) is 0 Å². The van der Waals surface area contributed by atoms with Gasteiger partial charge in [0.25, 0.3) is 0 Å². The number of rotatable bonds is 2. The number of fused-ring (bicyclic) bond motifs is 1. The molecule has 0 aliphatic carbocycles. The fourth-order valence-corrected chi connectivity index (χ4v) is 2.11. The van der Waals surface area contributed by atoms with Gasteiger partial charge in [-0.3, -0.25) is 4.57 Å². The largest absolute Gasteiger partial charge is 0.396 e. The molecule has 0 radical (unpaired) electrons. The van der Waals surface area contributed by atoms with Crippen LogP contribution in [0.1, 0.15) is 6.23 Å². The number of anilines is 1. The minimum Gasteiger partial charge on any atom is -0.396 e. The van der Waals surface area contributed by atoms with Crippen molar-refractivity contribution in [1.82, 2.24) is 19.5 Å². The zero-order valence-electron chi connectivity index (χ0n) is 9.47. The van der Waals surface area contributed by atoms with Gasteiger partial charge in [-0.15, -0.1) is 0 Å². The SMILES string of the molecule is Nc1ncnc2c1ncn2C1OC[C@@H](CO)[C@@H]1O. The number of nitrogens with two attached hydrogens (primary N) is 1. The molecule has 0 aromatic carbocycles. The third-order valence-corrected chi connectivity index (χ3v) is 3.15. The first-order valence-electron chi connectivity index (χ1n) is 5.56. The molecule has 0 saturated carbocycles. The molecule has 0 bridgehead atoms. The number of aliphatic hydroxyl groups excluding tert-OH is 2. The van der Waals surface area contributed by atoms with Crippen LogP contribution in [-0.2, 0) is 4.74 Å². The van der Waals surface area contributed by atoms with E-state index in [0.717, 1.165) is 0 Å². The smallest absolute Gasteiger partial charge is 0.167 e. The first-order chi connectivity index (χ1) is 8.72. The Morgan fingerprint density at radius 1 is 1.44 bits per heavy atom. The average Bonchev–Trinajstić information content (AvgIpc) is 2.93. The molecule has 8 heteroatoms. The highest BCUT2D eigenvalue weighted by atomic mass is 16.5. The lowest BCUT2D eigenvalue weighted by Gasteiger charge is -2.17. The number of nitrogen functional groups attached to an aromatic ring is 1. The summed E-state index contributed by atoms with van der Waals surface area (Å²) in [6.07, 6.45) is 1.43.